The van der Waals surface area contributed by atoms with Crippen LogP contribution >= 0.6 is 0 Å². The lowest BCUT2D eigenvalue weighted by molar-refractivity contribution is 0.0175. The summed E-state index contributed by atoms with van der Waals surface area (Å²) in [6.07, 6.45) is 2.62. The van der Waals surface area contributed by atoms with Crippen LogP contribution in [0.1, 0.15) is 33.6 Å². The van der Waals surface area contributed by atoms with Crippen LogP contribution in [-0.2, 0) is 9.47 Å². The maximum Gasteiger partial charge on any atom is 0.0594 e. The molecule has 0 aromatic rings. The molecule has 2 aliphatic rings. The monoisotopic (exact) mass is 298 g/mol. The first-order chi connectivity index (χ1) is 10.1. The highest BCUT2D eigenvalue weighted by atomic mass is 16.5. The van der Waals surface area contributed by atoms with E-state index >= 15 is 0 Å². The maximum atomic E-state index is 5.44. The van der Waals surface area contributed by atoms with Gasteiger partial charge in [-0.05, 0) is 30.7 Å². The van der Waals surface area contributed by atoms with Gasteiger partial charge in [-0.25, -0.2) is 0 Å². The van der Waals surface area contributed by atoms with E-state index in [-0.39, 0.29) is 0 Å². The van der Waals surface area contributed by atoms with Gasteiger partial charge in [0.25, 0.3) is 0 Å². The van der Waals surface area contributed by atoms with Crippen LogP contribution in [0.3, 0.4) is 0 Å². The molecule has 0 bridgehead atoms. The van der Waals surface area contributed by atoms with Crippen molar-refractivity contribution in [1.29, 1.82) is 0 Å². The predicted octanol–water partition coefficient (Wildman–Crippen LogP) is 2.09. The Labute approximate surface area is 130 Å². The first-order valence-corrected chi connectivity index (χ1v) is 8.68. The Hall–Kier alpha value is -0.160. The summed E-state index contributed by atoms with van der Waals surface area (Å²) in [4.78, 5) is 5.12. The Morgan fingerprint density at radius 2 is 1.43 bits per heavy atom. The van der Waals surface area contributed by atoms with Crippen molar-refractivity contribution in [1.82, 2.24) is 9.80 Å². The second-order valence-electron chi connectivity index (χ2n) is 7.36. The zero-order chi connectivity index (χ0) is 15.1. The van der Waals surface area contributed by atoms with Crippen LogP contribution in [0.5, 0.6) is 0 Å². The molecule has 0 aromatic carbocycles. The van der Waals surface area contributed by atoms with Gasteiger partial charge in [0, 0.05) is 32.7 Å². The first kappa shape index (κ1) is 17.2. The second-order valence-corrected chi connectivity index (χ2v) is 7.36. The minimum absolute atomic E-state index is 0.421. The van der Waals surface area contributed by atoms with Gasteiger partial charge in [0.1, 0.15) is 0 Å². The van der Waals surface area contributed by atoms with Gasteiger partial charge in [-0.1, -0.05) is 20.8 Å². The minimum atomic E-state index is 0.421. The molecule has 2 fully saturated rings. The number of rotatable bonds is 7. The van der Waals surface area contributed by atoms with Gasteiger partial charge >= 0.3 is 0 Å². The third kappa shape index (κ3) is 5.85. The van der Waals surface area contributed by atoms with E-state index in [9.17, 15) is 0 Å². The lowest BCUT2D eigenvalue weighted by Crippen LogP contribution is -2.42. The predicted molar refractivity (Wildman–Crippen MR) is 86.7 cm³/mol. The summed E-state index contributed by atoms with van der Waals surface area (Å²) in [6, 6.07) is 0. The molecule has 4 nitrogen and oxygen atoms in total. The molecule has 0 spiro atoms. The summed E-state index contributed by atoms with van der Waals surface area (Å²) in [6.45, 7) is 17.8. The van der Waals surface area contributed by atoms with Gasteiger partial charge < -0.3 is 9.47 Å². The topological polar surface area (TPSA) is 24.9 Å². The molecule has 2 rings (SSSR count). The summed E-state index contributed by atoms with van der Waals surface area (Å²) in [5.74, 6) is 0.736. The van der Waals surface area contributed by atoms with Crippen molar-refractivity contribution in [2.45, 2.75) is 33.6 Å². The average Bonchev–Trinajstić information content (AvgIpc) is 2.49. The number of ether oxygens (including phenoxy) is 2. The number of morpholine rings is 2. The molecule has 0 aromatic heterocycles. The van der Waals surface area contributed by atoms with Gasteiger partial charge in [-0.2, -0.15) is 0 Å². The fraction of sp³-hybridized carbons (Fsp3) is 1.00. The summed E-state index contributed by atoms with van der Waals surface area (Å²) >= 11 is 0. The van der Waals surface area contributed by atoms with E-state index in [2.05, 4.69) is 30.6 Å². The minimum Gasteiger partial charge on any atom is -0.379 e. The highest BCUT2D eigenvalue weighted by Crippen LogP contribution is 2.32. The van der Waals surface area contributed by atoms with Crippen LogP contribution in [0.25, 0.3) is 0 Å². The average molecular weight is 298 g/mol. The van der Waals surface area contributed by atoms with Crippen LogP contribution < -0.4 is 0 Å². The molecule has 21 heavy (non-hydrogen) atoms. The van der Waals surface area contributed by atoms with Crippen molar-refractivity contribution in [3.63, 3.8) is 0 Å². The van der Waals surface area contributed by atoms with Gasteiger partial charge in [-0.3, -0.25) is 9.80 Å². The maximum absolute atomic E-state index is 5.44. The van der Waals surface area contributed by atoms with E-state index in [0.29, 0.717) is 5.41 Å². The van der Waals surface area contributed by atoms with Crippen molar-refractivity contribution in [3.05, 3.63) is 0 Å². The van der Waals surface area contributed by atoms with Gasteiger partial charge in [0.05, 0.1) is 26.4 Å². The first-order valence-electron chi connectivity index (χ1n) is 8.68. The lowest BCUT2D eigenvalue weighted by Gasteiger charge is -2.37. The molecule has 2 heterocycles. The molecular weight excluding hydrogens is 264 g/mol. The van der Waals surface area contributed by atoms with Crippen LogP contribution in [0.2, 0.25) is 0 Å². The van der Waals surface area contributed by atoms with Crippen LogP contribution in [0.15, 0.2) is 0 Å². The Morgan fingerprint density at radius 1 is 0.905 bits per heavy atom. The summed E-state index contributed by atoms with van der Waals surface area (Å²) in [5.41, 5.74) is 0.421. The Kier molecular flexibility index (Phi) is 6.93. The van der Waals surface area contributed by atoms with E-state index in [1.807, 2.05) is 0 Å². The molecule has 0 radical (unpaired) electrons. The Morgan fingerprint density at radius 3 is 2.00 bits per heavy atom. The Bertz CT molecular complexity index is 285. The third-order valence-corrected chi connectivity index (χ3v) is 5.37. The van der Waals surface area contributed by atoms with Crippen molar-refractivity contribution in [2.24, 2.45) is 11.3 Å². The van der Waals surface area contributed by atoms with Gasteiger partial charge in [-0.15, -0.1) is 0 Å². The zero-order valence-corrected chi connectivity index (χ0v) is 14.3. The molecule has 0 amide bonds. The van der Waals surface area contributed by atoms with E-state index < -0.39 is 0 Å². The summed E-state index contributed by atoms with van der Waals surface area (Å²) in [7, 11) is 0. The molecule has 1 unspecified atom stereocenters. The summed E-state index contributed by atoms with van der Waals surface area (Å²) in [5, 5.41) is 0. The molecule has 4 heteroatoms. The smallest absolute Gasteiger partial charge is 0.0594 e. The van der Waals surface area contributed by atoms with E-state index in [4.69, 9.17) is 9.47 Å². The van der Waals surface area contributed by atoms with E-state index in [0.717, 1.165) is 58.5 Å². The molecule has 0 N–H and O–H groups in total. The molecular formula is C17H34N2O2. The van der Waals surface area contributed by atoms with Crippen molar-refractivity contribution < 1.29 is 9.47 Å². The second kappa shape index (κ2) is 8.47. The fourth-order valence-corrected chi connectivity index (χ4v) is 3.25. The van der Waals surface area contributed by atoms with Gasteiger partial charge in [0.15, 0.2) is 0 Å². The highest BCUT2D eigenvalue weighted by Gasteiger charge is 2.27. The Balaban J connectivity index is 1.66. The molecule has 124 valence electrons. The normalized spacial score (nSPS) is 24.1. The quantitative estimate of drug-likeness (QED) is 0.718. The molecule has 0 saturated carbocycles. The standard InChI is InChI=1S/C17H34N2O2/c1-16(15-19-9-13-21-14-10-19)17(2,3)5-4-6-18-7-11-20-12-8-18/h16H,4-15H2,1-3H3. The van der Waals surface area contributed by atoms with Crippen LogP contribution in [0.4, 0.5) is 0 Å². The van der Waals surface area contributed by atoms with E-state index in [1.165, 1.54) is 25.9 Å². The highest BCUT2D eigenvalue weighted by molar-refractivity contribution is 4.79. The lowest BCUT2D eigenvalue weighted by atomic mass is 9.76. The summed E-state index contributed by atoms with van der Waals surface area (Å²) < 4.78 is 10.9. The van der Waals surface area contributed by atoms with Gasteiger partial charge in [0.2, 0.25) is 0 Å². The van der Waals surface area contributed by atoms with Crippen molar-refractivity contribution in [3.8, 4) is 0 Å². The zero-order valence-electron chi connectivity index (χ0n) is 14.3. The molecule has 0 aliphatic carbocycles. The van der Waals surface area contributed by atoms with Crippen molar-refractivity contribution >= 4 is 0 Å². The number of hydrogen-bond donors (Lipinski definition) is 0. The third-order valence-electron chi connectivity index (χ3n) is 5.37. The molecule has 2 aliphatic heterocycles. The van der Waals surface area contributed by atoms with E-state index in [1.54, 1.807) is 0 Å². The van der Waals surface area contributed by atoms with Crippen LogP contribution in [0, 0.1) is 11.3 Å². The van der Waals surface area contributed by atoms with Crippen LogP contribution in [-0.4, -0.2) is 75.5 Å². The largest absolute Gasteiger partial charge is 0.379 e. The fourth-order valence-electron chi connectivity index (χ4n) is 3.25. The molecule has 1 atom stereocenters. The van der Waals surface area contributed by atoms with Crippen molar-refractivity contribution in [2.75, 3.05) is 65.7 Å². The SMILES string of the molecule is CC(CN1CCOCC1)C(C)(C)CCCN1CCOCC1. The number of nitrogens with zero attached hydrogens (tertiary/aromatic N) is 2. The number of hydrogen-bond acceptors (Lipinski definition) is 4. The molecule has 2 saturated heterocycles.